The van der Waals surface area contributed by atoms with Crippen molar-refractivity contribution in [2.45, 2.75) is 44.4 Å². The van der Waals surface area contributed by atoms with Gasteiger partial charge in [-0.15, -0.1) is 0 Å². The first-order chi connectivity index (χ1) is 9.74. The van der Waals surface area contributed by atoms with E-state index in [4.69, 9.17) is 0 Å². The second-order valence-corrected chi connectivity index (χ2v) is 5.91. The maximum Gasteiger partial charge on any atom is 0.308 e. The van der Waals surface area contributed by atoms with Gasteiger partial charge in [0.25, 0.3) is 0 Å². The van der Waals surface area contributed by atoms with E-state index in [1.165, 1.54) is 25.7 Å². The van der Waals surface area contributed by atoms with E-state index >= 15 is 0 Å². The molecule has 1 aromatic heterocycles. The Morgan fingerprint density at radius 2 is 2.00 bits per heavy atom. The topological polar surface area (TPSA) is 66.3 Å². The van der Waals surface area contributed by atoms with Gasteiger partial charge in [-0.3, -0.25) is 4.79 Å². The average molecular weight is 275 g/mol. The number of carbonyl (C=O) groups is 1. The monoisotopic (exact) mass is 275 g/mol. The lowest BCUT2D eigenvalue weighted by atomic mass is 9.98. The van der Waals surface area contributed by atoms with Crippen molar-refractivity contribution < 1.29 is 9.90 Å². The Morgan fingerprint density at radius 1 is 1.20 bits per heavy atom. The summed E-state index contributed by atoms with van der Waals surface area (Å²) in [7, 11) is 0. The van der Waals surface area contributed by atoms with E-state index in [9.17, 15) is 9.90 Å². The highest BCUT2D eigenvalue weighted by Gasteiger charge is 2.27. The van der Waals surface area contributed by atoms with Gasteiger partial charge in [0, 0.05) is 30.8 Å². The quantitative estimate of drug-likeness (QED) is 0.917. The molecule has 1 saturated heterocycles. The van der Waals surface area contributed by atoms with E-state index in [0.717, 1.165) is 30.9 Å². The van der Waals surface area contributed by atoms with Crippen molar-refractivity contribution in [1.29, 1.82) is 0 Å². The maximum absolute atomic E-state index is 11.1. The lowest BCUT2D eigenvalue weighted by Crippen LogP contribution is -2.39. The third-order valence-electron chi connectivity index (χ3n) is 4.54. The van der Waals surface area contributed by atoms with E-state index in [0.29, 0.717) is 12.5 Å². The van der Waals surface area contributed by atoms with Crippen LogP contribution in [0.15, 0.2) is 12.4 Å². The fraction of sp³-hybridized carbons (Fsp3) is 0.667. The number of anilines is 1. The SMILES string of the molecule is O=C(O)C1CCCN(c2cc(C3CCCC3)ncn2)C1. The second-order valence-electron chi connectivity index (χ2n) is 5.91. The zero-order valence-corrected chi connectivity index (χ0v) is 11.7. The van der Waals surface area contributed by atoms with Crippen LogP contribution in [0.5, 0.6) is 0 Å². The van der Waals surface area contributed by atoms with Gasteiger partial charge >= 0.3 is 5.97 Å². The summed E-state index contributed by atoms with van der Waals surface area (Å²) in [6.07, 6.45) is 8.32. The van der Waals surface area contributed by atoms with Crippen LogP contribution >= 0.6 is 0 Å². The van der Waals surface area contributed by atoms with Crippen LogP contribution in [0.1, 0.15) is 50.1 Å². The summed E-state index contributed by atoms with van der Waals surface area (Å²) in [5.74, 6) is 0.498. The molecule has 1 aromatic rings. The molecule has 1 aliphatic heterocycles. The third-order valence-corrected chi connectivity index (χ3v) is 4.54. The van der Waals surface area contributed by atoms with Crippen molar-refractivity contribution in [1.82, 2.24) is 9.97 Å². The summed E-state index contributed by atoms with van der Waals surface area (Å²) >= 11 is 0. The number of nitrogens with zero attached hydrogens (tertiary/aromatic N) is 3. The van der Waals surface area contributed by atoms with Crippen molar-refractivity contribution in [2.75, 3.05) is 18.0 Å². The molecule has 0 aromatic carbocycles. The summed E-state index contributed by atoms with van der Waals surface area (Å²) in [5.41, 5.74) is 1.13. The molecule has 1 N–H and O–H groups in total. The summed E-state index contributed by atoms with van der Waals surface area (Å²) < 4.78 is 0. The highest BCUT2D eigenvalue weighted by Crippen LogP contribution is 2.34. The molecule has 0 bridgehead atoms. The molecule has 0 radical (unpaired) electrons. The molecule has 2 aliphatic rings. The Labute approximate surface area is 119 Å². The van der Waals surface area contributed by atoms with Crippen LogP contribution in [0.25, 0.3) is 0 Å². The lowest BCUT2D eigenvalue weighted by Gasteiger charge is -2.31. The average Bonchev–Trinajstić information content (AvgIpc) is 3.02. The first kappa shape index (κ1) is 13.3. The molecule has 1 unspecified atom stereocenters. The molecule has 1 saturated carbocycles. The molecule has 0 amide bonds. The molecule has 20 heavy (non-hydrogen) atoms. The van der Waals surface area contributed by atoms with Gasteiger partial charge in [-0.2, -0.15) is 0 Å². The number of hydrogen-bond acceptors (Lipinski definition) is 4. The van der Waals surface area contributed by atoms with E-state index in [2.05, 4.69) is 20.9 Å². The third kappa shape index (κ3) is 2.76. The molecule has 1 atom stereocenters. The lowest BCUT2D eigenvalue weighted by molar-refractivity contribution is -0.141. The second kappa shape index (κ2) is 5.77. The Hall–Kier alpha value is -1.65. The number of piperidine rings is 1. The van der Waals surface area contributed by atoms with E-state index in [1.54, 1.807) is 6.33 Å². The molecule has 2 heterocycles. The first-order valence-electron chi connectivity index (χ1n) is 7.54. The number of aromatic nitrogens is 2. The summed E-state index contributed by atoms with van der Waals surface area (Å²) in [6.45, 7) is 1.46. The Morgan fingerprint density at radius 3 is 2.75 bits per heavy atom. The zero-order chi connectivity index (χ0) is 13.9. The minimum Gasteiger partial charge on any atom is -0.481 e. The Kier molecular flexibility index (Phi) is 3.85. The van der Waals surface area contributed by atoms with Crippen molar-refractivity contribution in [3.63, 3.8) is 0 Å². The van der Waals surface area contributed by atoms with Gasteiger partial charge in [0.15, 0.2) is 0 Å². The maximum atomic E-state index is 11.1. The van der Waals surface area contributed by atoms with E-state index in [1.807, 2.05) is 0 Å². The van der Waals surface area contributed by atoms with Crippen LogP contribution in [0, 0.1) is 5.92 Å². The summed E-state index contributed by atoms with van der Waals surface area (Å²) in [5, 5.41) is 9.17. The highest BCUT2D eigenvalue weighted by atomic mass is 16.4. The molecule has 3 rings (SSSR count). The number of carboxylic acid groups (broad SMARTS) is 1. The number of carboxylic acids is 1. The van der Waals surface area contributed by atoms with Crippen LogP contribution in [0.3, 0.4) is 0 Å². The summed E-state index contributed by atoms with van der Waals surface area (Å²) in [4.78, 5) is 22.0. The zero-order valence-electron chi connectivity index (χ0n) is 11.7. The van der Waals surface area contributed by atoms with Gasteiger partial charge < -0.3 is 10.0 Å². The normalized spacial score (nSPS) is 24.0. The van der Waals surface area contributed by atoms with Gasteiger partial charge in [0.2, 0.25) is 0 Å². The minimum absolute atomic E-state index is 0.270. The van der Waals surface area contributed by atoms with Crippen LogP contribution in [0.2, 0.25) is 0 Å². The Bertz CT molecular complexity index is 486. The largest absolute Gasteiger partial charge is 0.481 e. The van der Waals surface area contributed by atoms with Crippen molar-refractivity contribution in [3.8, 4) is 0 Å². The minimum atomic E-state index is -0.695. The van der Waals surface area contributed by atoms with Crippen molar-refractivity contribution >= 4 is 11.8 Å². The molecular weight excluding hydrogens is 254 g/mol. The van der Waals surface area contributed by atoms with E-state index in [-0.39, 0.29) is 5.92 Å². The van der Waals surface area contributed by atoms with Gasteiger partial charge in [-0.05, 0) is 25.7 Å². The van der Waals surface area contributed by atoms with Crippen LogP contribution < -0.4 is 4.90 Å². The summed E-state index contributed by atoms with van der Waals surface area (Å²) in [6, 6.07) is 2.07. The Balaban J connectivity index is 1.75. The van der Waals surface area contributed by atoms with Gasteiger partial charge in [0.1, 0.15) is 12.1 Å². The van der Waals surface area contributed by atoms with Gasteiger partial charge in [-0.25, -0.2) is 9.97 Å². The fourth-order valence-electron chi connectivity index (χ4n) is 3.37. The van der Waals surface area contributed by atoms with E-state index < -0.39 is 5.97 Å². The first-order valence-corrected chi connectivity index (χ1v) is 7.54. The van der Waals surface area contributed by atoms with Crippen molar-refractivity contribution in [2.24, 2.45) is 5.92 Å². The molecule has 0 spiro atoms. The van der Waals surface area contributed by atoms with Crippen molar-refractivity contribution in [3.05, 3.63) is 18.1 Å². The van der Waals surface area contributed by atoms with Gasteiger partial charge in [0.05, 0.1) is 5.92 Å². The smallest absolute Gasteiger partial charge is 0.308 e. The van der Waals surface area contributed by atoms with Crippen LogP contribution in [-0.4, -0.2) is 34.1 Å². The number of hydrogen-bond donors (Lipinski definition) is 1. The van der Waals surface area contributed by atoms with Gasteiger partial charge in [-0.1, -0.05) is 12.8 Å². The van der Waals surface area contributed by atoms with Crippen LogP contribution in [0.4, 0.5) is 5.82 Å². The molecule has 108 valence electrons. The molecular formula is C15H21N3O2. The van der Waals surface area contributed by atoms with Crippen LogP contribution in [-0.2, 0) is 4.79 Å². The molecule has 5 heteroatoms. The highest BCUT2D eigenvalue weighted by molar-refractivity contribution is 5.71. The number of rotatable bonds is 3. The number of aliphatic carboxylic acids is 1. The molecule has 1 aliphatic carbocycles. The predicted molar refractivity (Wildman–Crippen MR) is 75.8 cm³/mol. The molecule has 2 fully saturated rings. The molecule has 5 nitrogen and oxygen atoms in total. The fourth-order valence-corrected chi connectivity index (χ4v) is 3.37. The standard InChI is InChI=1S/C15H21N3O2/c19-15(20)12-6-3-7-18(9-12)14-8-13(16-10-17-14)11-4-1-2-5-11/h8,10-12H,1-7,9H2,(H,19,20). The predicted octanol–water partition coefficient (Wildman–Crippen LogP) is 2.44.